The normalized spacial score (nSPS) is 32.9. The van der Waals surface area contributed by atoms with Crippen molar-refractivity contribution in [1.82, 2.24) is 4.90 Å². The number of hydrogen-bond acceptors (Lipinski definition) is 2. The van der Waals surface area contributed by atoms with Gasteiger partial charge in [0.25, 0.3) is 0 Å². The van der Waals surface area contributed by atoms with E-state index < -0.39 is 6.17 Å². The summed E-state index contributed by atoms with van der Waals surface area (Å²) in [6.45, 7) is 9.69. The monoisotopic (exact) mass is 215 g/mol. The Morgan fingerprint density at radius 2 is 1.87 bits per heavy atom. The van der Waals surface area contributed by atoms with Gasteiger partial charge in [-0.05, 0) is 20.8 Å². The van der Waals surface area contributed by atoms with Gasteiger partial charge >= 0.3 is 0 Å². The molecule has 2 unspecified atom stereocenters. The average molecular weight is 215 g/mol. The number of nitrogens with zero attached hydrogens (tertiary/aromatic N) is 1. The van der Waals surface area contributed by atoms with Crippen molar-refractivity contribution in [3.05, 3.63) is 0 Å². The Morgan fingerprint density at radius 3 is 2.27 bits per heavy atom. The maximum absolute atomic E-state index is 13.6. The number of ketones is 1. The van der Waals surface area contributed by atoms with Crippen LogP contribution in [0.4, 0.5) is 4.39 Å². The second-order valence-electron chi connectivity index (χ2n) is 5.11. The molecule has 88 valence electrons. The van der Waals surface area contributed by atoms with Crippen molar-refractivity contribution in [2.45, 2.75) is 65.3 Å². The van der Waals surface area contributed by atoms with Crippen LogP contribution < -0.4 is 0 Å². The molecule has 0 saturated carbocycles. The molecule has 15 heavy (non-hydrogen) atoms. The molecule has 1 rings (SSSR count). The number of carbonyl (C=O) groups is 1. The molecular weight excluding hydrogens is 193 g/mol. The van der Waals surface area contributed by atoms with Crippen LogP contribution in [0, 0.1) is 5.92 Å². The molecule has 1 aliphatic heterocycles. The summed E-state index contributed by atoms with van der Waals surface area (Å²) in [5.41, 5.74) is 0. The summed E-state index contributed by atoms with van der Waals surface area (Å²) in [6, 6.07) is -0.110. The van der Waals surface area contributed by atoms with E-state index in [1.54, 1.807) is 0 Å². The molecule has 0 aromatic heterocycles. The van der Waals surface area contributed by atoms with Gasteiger partial charge in [0.15, 0.2) is 5.78 Å². The van der Waals surface area contributed by atoms with E-state index in [0.29, 0.717) is 6.42 Å². The standard InChI is InChI=1S/C12H22FNO/c1-7(2)12(15)11-6-10(13)9(5)14(11)8(3)4/h7-11H,6H2,1-5H3/t9?,10-,11?/m1/s1. The zero-order chi connectivity index (χ0) is 11.7. The molecule has 0 aromatic rings. The van der Waals surface area contributed by atoms with Gasteiger partial charge in [-0.2, -0.15) is 0 Å². The molecule has 0 bridgehead atoms. The van der Waals surface area contributed by atoms with Crippen molar-refractivity contribution < 1.29 is 9.18 Å². The summed E-state index contributed by atoms with van der Waals surface area (Å²) in [7, 11) is 0. The Labute approximate surface area is 91.8 Å². The van der Waals surface area contributed by atoms with Gasteiger partial charge in [0.1, 0.15) is 6.17 Å². The van der Waals surface area contributed by atoms with E-state index in [-0.39, 0.29) is 29.8 Å². The Hall–Kier alpha value is -0.440. The minimum atomic E-state index is -0.861. The third-order valence-electron chi connectivity index (χ3n) is 3.30. The molecule has 1 aliphatic rings. The van der Waals surface area contributed by atoms with Crippen molar-refractivity contribution in [2.24, 2.45) is 5.92 Å². The maximum Gasteiger partial charge on any atom is 0.152 e. The Balaban J connectivity index is 2.84. The van der Waals surface area contributed by atoms with Crippen LogP contribution in [0.25, 0.3) is 0 Å². The molecular formula is C12H22FNO. The zero-order valence-electron chi connectivity index (χ0n) is 10.3. The van der Waals surface area contributed by atoms with Gasteiger partial charge in [0, 0.05) is 24.4 Å². The minimum absolute atomic E-state index is 0.00579. The first-order chi connectivity index (χ1) is 6.86. The van der Waals surface area contributed by atoms with E-state index >= 15 is 0 Å². The van der Waals surface area contributed by atoms with Crippen molar-refractivity contribution >= 4 is 5.78 Å². The lowest BCUT2D eigenvalue weighted by Gasteiger charge is -2.31. The lowest BCUT2D eigenvalue weighted by Crippen LogP contribution is -2.45. The highest BCUT2D eigenvalue weighted by Crippen LogP contribution is 2.30. The van der Waals surface area contributed by atoms with E-state index in [1.165, 1.54) is 0 Å². The first-order valence-electron chi connectivity index (χ1n) is 5.81. The number of carbonyl (C=O) groups excluding carboxylic acids is 1. The van der Waals surface area contributed by atoms with Gasteiger partial charge in [-0.15, -0.1) is 0 Å². The molecule has 1 heterocycles. The SMILES string of the molecule is CC(C)C(=O)C1C[C@@H](F)C(C)N1C(C)C. The molecule has 0 radical (unpaired) electrons. The van der Waals surface area contributed by atoms with Crippen LogP contribution in [0.5, 0.6) is 0 Å². The molecule has 1 fully saturated rings. The second kappa shape index (κ2) is 4.60. The summed E-state index contributed by atoms with van der Waals surface area (Å²) in [5.74, 6) is 0.171. The van der Waals surface area contributed by atoms with Crippen LogP contribution in [0.1, 0.15) is 41.0 Å². The fourth-order valence-corrected chi connectivity index (χ4v) is 2.48. The quantitative estimate of drug-likeness (QED) is 0.720. The van der Waals surface area contributed by atoms with Crippen LogP contribution in [-0.4, -0.2) is 35.0 Å². The van der Waals surface area contributed by atoms with Crippen molar-refractivity contribution in [3.8, 4) is 0 Å². The second-order valence-corrected chi connectivity index (χ2v) is 5.11. The fourth-order valence-electron chi connectivity index (χ4n) is 2.48. The lowest BCUT2D eigenvalue weighted by atomic mass is 9.99. The van der Waals surface area contributed by atoms with Gasteiger partial charge in [0.2, 0.25) is 0 Å². The minimum Gasteiger partial charge on any atom is -0.298 e. The van der Waals surface area contributed by atoms with Gasteiger partial charge in [-0.25, -0.2) is 4.39 Å². The number of halogens is 1. The Morgan fingerprint density at radius 1 is 1.33 bits per heavy atom. The third-order valence-corrected chi connectivity index (χ3v) is 3.30. The first kappa shape index (κ1) is 12.6. The van der Waals surface area contributed by atoms with E-state index in [9.17, 15) is 9.18 Å². The van der Waals surface area contributed by atoms with Crippen LogP contribution in [0.2, 0.25) is 0 Å². The highest BCUT2D eigenvalue weighted by atomic mass is 19.1. The molecule has 3 atom stereocenters. The summed E-state index contributed by atoms with van der Waals surface area (Å²) in [6.07, 6.45) is -0.490. The highest BCUT2D eigenvalue weighted by Gasteiger charge is 2.43. The zero-order valence-corrected chi connectivity index (χ0v) is 10.3. The Bertz CT molecular complexity index is 240. The lowest BCUT2D eigenvalue weighted by molar-refractivity contribution is -0.127. The van der Waals surface area contributed by atoms with Crippen molar-refractivity contribution in [1.29, 1.82) is 0 Å². The van der Waals surface area contributed by atoms with E-state index in [0.717, 1.165) is 0 Å². The summed E-state index contributed by atoms with van der Waals surface area (Å²) >= 11 is 0. The Kier molecular flexibility index (Phi) is 3.87. The largest absolute Gasteiger partial charge is 0.298 e. The van der Waals surface area contributed by atoms with Crippen LogP contribution in [0.3, 0.4) is 0 Å². The number of Topliss-reactive ketones (excluding diaryl/α,β-unsaturated/α-hetero) is 1. The van der Waals surface area contributed by atoms with Crippen LogP contribution in [-0.2, 0) is 4.79 Å². The van der Waals surface area contributed by atoms with Crippen LogP contribution in [0.15, 0.2) is 0 Å². The molecule has 0 spiro atoms. The van der Waals surface area contributed by atoms with Crippen LogP contribution >= 0.6 is 0 Å². The summed E-state index contributed by atoms with van der Waals surface area (Å²) < 4.78 is 13.6. The van der Waals surface area contributed by atoms with E-state index in [4.69, 9.17) is 0 Å². The predicted molar refractivity (Wildman–Crippen MR) is 59.6 cm³/mol. The maximum atomic E-state index is 13.6. The first-order valence-corrected chi connectivity index (χ1v) is 5.81. The number of alkyl halides is 1. The molecule has 3 heteroatoms. The molecule has 0 N–H and O–H groups in total. The van der Waals surface area contributed by atoms with Crippen molar-refractivity contribution in [3.63, 3.8) is 0 Å². The predicted octanol–water partition coefficient (Wildman–Crippen LogP) is 2.42. The number of rotatable bonds is 3. The molecule has 0 amide bonds. The van der Waals surface area contributed by atoms with E-state index in [2.05, 4.69) is 0 Å². The topological polar surface area (TPSA) is 20.3 Å². The summed E-state index contributed by atoms with van der Waals surface area (Å²) in [4.78, 5) is 14.0. The van der Waals surface area contributed by atoms with Gasteiger partial charge in [-0.3, -0.25) is 9.69 Å². The molecule has 1 saturated heterocycles. The molecule has 0 aliphatic carbocycles. The van der Waals surface area contributed by atoms with Gasteiger partial charge in [0.05, 0.1) is 6.04 Å². The number of likely N-dealkylation sites (tertiary alicyclic amines) is 1. The average Bonchev–Trinajstić information content (AvgIpc) is 2.41. The fraction of sp³-hybridized carbons (Fsp3) is 0.917. The van der Waals surface area contributed by atoms with Crippen molar-refractivity contribution in [2.75, 3.05) is 0 Å². The molecule has 2 nitrogen and oxygen atoms in total. The summed E-state index contributed by atoms with van der Waals surface area (Å²) in [5, 5.41) is 0. The third kappa shape index (κ3) is 2.39. The smallest absolute Gasteiger partial charge is 0.152 e. The highest BCUT2D eigenvalue weighted by molar-refractivity contribution is 5.86. The molecule has 0 aromatic carbocycles. The number of hydrogen-bond donors (Lipinski definition) is 0. The van der Waals surface area contributed by atoms with E-state index in [1.807, 2.05) is 39.5 Å². The van der Waals surface area contributed by atoms with Gasteiger partial charge in [-0.1, -0.05) is 13.8 Å². The van der Waals surface area contributed by atoms with Gasteiger partial charge < -0.3 is 0 Å².